The Morgan fingerprint density at radius 1 is 1.27 bits per heavy atom. The number of carboxylic acids is 1. The summed E-state index contributed by atoms with van der Waals surface area (Å²) in [5, 5.41) is 8.59. The highest BCUT2D eigenvalue weighted by molar-refractivity contribution is 5.75. The Bertz CT molecular complexity index is 274. The van der Waals surface area contributed by atoms with E-state index in [4.69, 9.17) is 5.11 Å². The number of hydrogen-bond acceptors (Lipinski definition) is 3. The maximum atomic E-state index is 12.8. The summed E-state index contributed by atoms with van der Waals surface area (Å²) in [5.74, 6) is -1.74. The quantitative estimate of drug-likeness (QED) is 0.572. The van der Waals surface area contributed by atoms with E-state index in [0.717, 1.165) is 0 Å². The highest BCUT2D eigenvalue weighted by atomic mass is 19.3. The lowest BCUT2D eigenvalue weighted by molar-refractivity contribution is -0.193. The second-order valence-corrected chi connectivity index (χ2v) is 3.41. The molecule has 1 N–H and O–H groups in total. The highest BCUT2D eigenvalue weighted by Crippen LogP contribution is 2.27. The van der Waals surface area contributed by atoms with Crippen LogP contribution in [-0.4, -0.2) is 41.1 Å². The predicted molar refractivity (Wildman–Crippen MR) is 43.0 cm³/mol. The third kappa shape index (κ3) is 2.47. The summed E-state index contributed by atoms with van der Waals surface area (Å²) in [6, 6.07) is -6.82. The first-order chi connectivity index (χ1) is 6.85. The number of hydrogen-bond donors (Lipinski definition) is 1. The lowest BCUT2D eigenvalue weighted by Gasteiger charge is -2.33. The highest BCUT2D eigenvalue weighted by Gasteiger charge is 2.47. The van der Waals surface area contributed by atoms with Gasteiger partial charge in [0.15, 0.2) is 0 Å². The molecule has 0 atom stereocenters. The standard InChI is InChI=1S/C8H10F3NO3/c9-7(15)8(10,11)12-3-1-5(2-4-12)6(13)14/h5H,1-4H2,(H,13,14). The zero-order valence-electron chi connectivity index (χ0n) is 7.75. The van der Waals surface area contributed by atoms with Crippen LogP contribution < -0.4 is 0 Å². The average molecular weight is 225 g/mol. The predicted octanol–water partition coefficient (Wildman–Crippen LogP) is 0.872. The lowest BCUT2D eigenvalue weighted by atomic mass is 9.97. The molecule has 0 aromatic carbocycles. The van der Waals surface area contributed by atoms with E-state index < -0.39 is 24.0 Å². The lowest BCUT2D eigenvalue weighted by Crippen LogP contribution is -2.50. The summed E-state index contributed by atoms with van der Waals surface area (Å²) in [4.78, 5) is 20.9. The molecular weight excluding hydrogens is 215 g/mol. The summed E-state index contributed by atoms with van der Waals surface area (Å²) in [6.07, 6.45) is -0.00356. The van der Waals surface area contributed by atoms with Crippen molar-refractivity contribution in [2.45, 2.75) is 18.9 Å². The summed E-state index contributed by atoms with van der Waals surface area (Å²) in [5.41, 5.74) is 0. The van der Waals surface area contributed by atoms with E-state index in [2.05, 4.69) is 0 Å². The molecule has 0 bridgehead atoms. The van der Waals surface area contributed by atoms with Crippen molar-refractivity contribution in [3.8, 4) is 0 Å². The molecule has 0 saturated carbocycles. The van der Waals surface area contributed by atoms with Crippen LogP contribution in [0.15, 0.2) is 0 Å². The Labute approximate surface area is 83.7 Å². The fourth-order valence-corrected chi connectivity index (χ4v) is 1.53. The molecule has 1 fully saturated rings. The van der Waals surface area contributed by atoms with E-state index in [1.165, 1.54) is 0 Å². The Kier molecular flexibility index (Phi) is 3.33. The van der Waals surface area contributed by atoms with Gasteiger partial charge in [-0.05, 0) is 12.8 Å². The van der Waals surface area contributed by atoms with Crippen LogP contribution in [0.25, 0.3) is 0 Å². The molecule has 0 aliphatic carbocycles. The van der Waals surface area contributed by atoms with Crippen molar-refractivity contribution in [2.24, 2.45) is 5.92 Å². The fraction of sp³-hybridized carbons (Fsp3) is 0.750. The van der Waals surface area contributed by atoms with Gasteiger partial charge in [-0.1, -0.05) is 0 Å². The van der Waals surface area contributed by atoms with Gasteiger partial charge in [0.25, 0.3) is 0 Å². The van der Waals surface area contributed by atoms with Crippen molar-refractivity contribution in [3.05, 3.63) is 0 Å². The number of likely N-dealkylation sites (tertiary alicyclic amines) is 1. The van der Waals surface area contributed by atoms with Crippen molar-refractivity contribution in [2.75, 3.05) is 13.1 Å². The van der Waals surface area contributed by atoms with Crippen LogP contribution in [0.4, 0.5) is 13.2 Å². The summed E-state index contributed by atoms with van der Waals surface area (Å²) >= 11 is 0. The zero-order chi connectivity index (χ0) is 11.6. The molecule has 0 aromatic rings. The molecule has 1 saturated heterocycles. The first-order valence-electron chi connectivity index (χ1n) is 4.41. The normalized spacial score (nSPS) is 20.2. The first kappa shape index (κ1) is 12.0. The largest absolute Gasteiger partial charge is 0.481 e. The molecule has 0 unspecified atom stereocenters. The number of piperidine rings is 1. The van der Waals surface area contributed by atoms with Crippen LogP contribution in [-0.2, 0) is 9.59 Å². The number of aliphatic carboxylic acids is 1. The second-order valence-electron chi connectivity index (χ2n) is 3.41. The van der Waals surface area contributed by atoms with Gasteiger partial charge in [0.1, 0.15) is 0 Å². The molecule has 1 heterocycles. The number of halogens is 3. The van der Waals surface area contributed by atoms with Gasteiger partial charge in [-0.3, -0.25) is 9.59 Å². The molecule has 4 nitrogen and oxygen atoms in total. The molecule has 0 spiro atoms. The van der Waals surface area contributed by atoms with E-state index in [1.807, 2.05) is 0 Å². The van der Waals surface area contributed by atoms with Crippen molar-refractivity contribution in [1.29, 1.82) is 0 Å². The smallest absolute Gasteiger partial charge is 0.395 e. The zero-order valence-corrected chi connectivity index (χ0v) is 7.75. The summed E-state index contributed by atoms with van der Waals surface area (Å²) < 4.78 is 37.6. The van der Waals surface area contributed by atoms with Crippen molar-refractivity contribution in [3.63, 3.8) is 0 Å². The third-order valence-electron chi connectivity index (χ3n) is 2.48. The third-order valence-corrected chi connectivity index (χ3v) is 2.48. The van der Waals surface area contributed by atoms with E-state index in [-0.39, 0.29) is 25.9 Å². The van der Waals surface area contributed by atoms with Gasteiger partial charge < -0.3 is 5.11 Å². The Hall–Kier alpha value is -1.11. The number of rotatable bonds is 3. The Morgan fingerprint density at radius 3 is 2.07 bits per heavy atom. The van der Waals surface area contributed by atoms with Crippen LogP contribution >= 0.6 is 0 Å². The maximum Gasteiger partial charge on any atom is 0.395 e. The van der Waals surface area contributed by atoms with E-state index in [1.54, 1.807) is 0 Å². The number of nitrogens with zero attached hydrogens (tertiary/aromatic N) is 1. The van der Waals surface area contributed by atoms with Gasteiger partial charge in [-0.25, -0.2) is 4.90 Å². The van der Waals surface area contributed by atoms with E-state index in [9.17, 15) is 22.8 Å². The molecular formula is C8H10F3NO3. The Morgan fingerprint density at radius 2 is 1.73 bits per heavy atom. The van der Waals surface area contributed by atoms with Crippen LogP contribution in [0.3, 0.4) is 0 Å². The minimum absolute atomic E-state index is 0.00178. The van der Waals surface area contributed by atoms with Crippen LogP contribution in [0.2, 0.25) is 0 Å². The number of carbonyl (C=O) groups is 2. The first-order valence-corrected chi connectivity index (χ1v) is 4.41. The fourth-order valence-electron chi connectivity index (χ4n) is 1.53. The van der Waals surface area contributed by atoms with Crippen LogP contribution in [0, 0.1) is 5.92 Å². The molecule has 1 rings (SSSR count). The molecule has 7 heteroatoms. The minimum atomic E-state index is -4.12. The molecule has 0 aromatic heterocycles. The number of carboxylic acid groups (broad SMARTS) is 1. The maximum absolute atomic E-state index is 12.8. The van der Waals surface area contributed by atoms with Gasteiger partial charge in [-0.15, -0.1) is 0 Å². The Balaban J connectivity index is 2.57. The van der Waals surface area contributed by atoms with Crippen molar-refractivity contribution < 1.29 is 27.9 Å². The van der Waals surface area contributed by atoms with E-state index in [0.29, 0.717) is 4.90 Å². The topological polar surface area (TPSA) is 57.6 Å². The second kappa shape index (κ2) is 4.18. The SMILES string of the molecule is O=C(O)C1CCN(C(F)(F)C(=O)F)CC1. The number of alkyl halides is 2. The minimum Gasteiger partial charge on any atom is -0.481 e. The van der Waals surface area contributed by atoms with Gasteiger partial charge in [0.2, 0.25) is 0 Å². The monoisotopic (exact) mass is 225 g/mol. The molecule has 15 heavy (non-hydrogen) atoms. The van der Waals surface area contributed by atoms with Gasteiger partial charge >= 0.3 is 18.1 Å². The van der Waals surface area contributed by atoms with Crippen molar-refractivity contribution >= 4 is 12.0 Å². The van der Waals surface area contributed by atoms with E-state index >= 15 is 0 Å². The molecule has 0 amide bonds. The summed E-state index contributed by atoms with van der Waals surface area (Å²) in [6.45, 7) is -0.584. The number of carbonyl (C=O) groups excluding carboxylic acids is 1. The molecule has 0 radical (unpaired) electrons. The average Bonchev–Trinajstić information content (AvgIpc) is 2.17. The van der Waals surface area contributed by atoms with Gasteiger partial charge in [0.05, 0.1) is 5.92 Å². The van der Waals surface area contributed by atoms with Gasteiger partial charge in [0, 0.05) is 13.1 Å². The van der Waals surface area contributed by atoms with Crippen LogP contribution in [0.1, 0.15) is 12.8 Å². The molecule has 86 valence electrons. The molecule has 1 aliphatic heterocycles. The summed E-state index contributed by atoms with van der Waals surface area (Å²) in [7, 11) is 0. The van der Waals surface area contributed by atoms with Crippen LogP contribution in [0.5, 0.6) is 0 Å². The van der Waals surface area contributed by atoms with Crippen molar-refractivity contribution in [1.82, 2.24) is 4.90 Å². The van der Waals surface area contributed by atoms with Gasteiger partial charge in [-0.2, -0.15) is 13.2 Å². The molecule has 1 aliphatic rings.